The molecule has 21 heavy (non-hydrogen) atoms. The fraction of sp³-hybridized carbons (Fsp3) is 0. The molecule has 0 saturated heterocycles. The van der Waals surface area contributed by atoms with Gasteiger partial charge in [-0.1, -0.05) is 12.6 Å². The van der Waals surface area contributed by atoms with Gasteiger partial charge in [0.05, 0.1) is 11.0 Å². The molecule has 1 aromatic heterocycles. The monoisotopic (exact) mass is 300 g/mol. The summed E-state index contributed by atoms with van der Waals surface area (Å²) in [6.07, 6.45) is 0. The molecule has 0 aliphatic rings. The van der Waals surface area contributed by atoms with Crippen molar-refractivity contribution in [2.45, 2.75) is 0 Å². The van der Waals surface area contributed by atoms with Crippen LogP contribution < -0.4 is 10.6 Å². The van der Waals surface area contributed by atoms with Crippen LogP contribution in [0.4, 0.5) is 15.8 Å². The van der Waals surface area contributed by atoms with Crippen LogP contribution in [-0.4, -0.2) is 9.97 Å². The van der Waals surface area contributed by atoms with E-state index < -0.39 is 0 Å². The van der Waals surface area contributed by atoms with Crippen LogP contribution in [0.25, 0.3) is 11.0 Å². The smallest absolute Gasteiger partial charge is 0.175 e. The van der Waals surface area contributed by atoms with Gasteiger partial charge in [-0.3, -0.25) is 0 Å². The summed E-state index contributed by atoms with van der Waals surface area (Å²) in [7, 11) is 0. The number of H-pyrrole nitrogens is 2. The molecule has 6 heteroatoms. The van der Waals surface area contributed by atoms with Gasteiger partial charge in [-0.25, -0.2) is 4.39 Å². The number of aromatic amines is 2. The molecule has 0 bridgehead atoms. The Hall–Kier alpha value is -2.60. The van der Waals surface area contributed by atoms with Gasteiger partial charge < -0.3 is 20.6 Å². The number of fused-ring (bicyclic) bond motifs is 1. The van der Waals surface area contributed by atoms with Crippen molar-refractivity contribution in [1.29, 1.82) is 0 Å². The molecular formula is C15H13FN4S. The molecule has 0 fully saturated rings. The van der Waals surface area contributed by atoms with E-state index in [1.165, 1.54) is 12.1 Å². The van der Waals surface area contributed by atoms with Crippen molar-refractivity contribution >= 4 is 34.6 Å². The number of aromatic nitrogens is 2. The first kappa shape index (κ1) is 13.4. The van der Waals surface area contributed by atoms with Crippen molar-refractivity contribution in [1.82, 2.24) is 9.97 Å². The zero-order valence-corrected chi connectivity index (χ0v) is 11.9. The molecule has 106 valence electrons. The van der Waals surface area contributed by atoms with Gasteiger partial charge in [0.15, 0.2) is 4.77 Å². The molecule has 0 unspecified atom stereocenters. The van der Waals surface area contributed by atoms with Crippen LogP contribution in [0.1, 0.15) is 0 Å². The van der Waals surface area contributed by atoms with E-state index in [1.807, 2.05) is 18.2 Å². The summed E-state index contributed by atoms with van der Waals surface area (Å²) in [4.78, 5) is 6.09. The average molecular weight is 300 g/mol. The molecule has 4 N–H and O–H groups in total. The van der Waals surface area contributed by atoms with E-state index >= 15 is 0 Å². The first-order valence-electron chi connectivity index (χ1n) is 6.31. The summed E-state index contributed by atoms with van der Waals surface area (Å²) in [6, 6.07) is 11.9. The highest BCUT2D eigenvalue weighted by Gasteiger charge is 2.01. The molecule has 0 saturated carbocycles. The van der Waals surface area contributed by atoms with Crippen molar-refractivity contribution in [2.75, 3.05) is 10.6 Å². The van der Waals surface area contributed by atoms with Crippen LogP contribution >= 0.6 is 12.2 Å². The van der Waals surface area contributed by atoms with Crippen molar-refractivity contribution in [3.05, 3.63) is 65.5 Å². The predicted octanol–water partition coefficient (Wildman–Crippen LogP) is 4.36. The molecule has 2 aromatic carbocycles. The van der Waals surface area contributed by atoms with Crippen LogP contribution in [0.2, 0.25) is 0 Å². The molecule has 0 aliphatic heterocycles. The minimum absolute atomic E-state index is 0.297. The molecule has 0 aliphatic carbocycles. The molecule has 4 nitrogen and oxygen atoms in total. The average Bonchev–Trinajstić information content (AvgIpc) is 2.78. The van der Waals surface area contributed by atoms with E-state index in [0.717, 1.165) is 16.7 Å². The maximum Gasteiger partial charge on any atom is 0.175 e. The number of halogens is 1. The van der Waals surface area contributed by atoms with E-state index in [0.29, 0.717) is 16.3 Å². The quantitative estimate of drug-likeness (QED) is 0.542. The lowest BCUT2D eigenvalue weighted by molar-refractivity contribution is 0.628. The number of hydrogen-bond acceptors (Lipinski definition) is 3. The zero-order valence-electron chi connectivity index (χ0n) is 11.0. The topological polar surface area (TPSA) is 55.6 Å². The Morgan fingerprint density at radius 1 is 1.00 bits per heavy atom. The van der Waals surface area contributed by atoms with Crippen LogP contribution in [0.5, 0.6) is 0 Å². The minimum Gasteiger partial charge on any atom is -0.342 e. The fourth-order valence-electron chi connectivity index (χ4n) is 2.06. The number of hydrogen-bond donors (Lipinski definition) is 4. The first-order chi connectivity index (χ1) is 10.1. The van der Waals surface area contributed by atoms with Gasteiger partial charge in [-0.05, 0) is 48.6 Å². The van der Waals surface area contributed by atoms with E-state index in [9.17, 15) is 4.39 Å². The van der Waals surface area contributed by atoms with Crippen molar-refractivity contribution in [3.8, 4) is 0 Å². The van der Waals surface area contributed by atoms with Crippen LogP contribution in [0.15, 0.2) is 54.9 Å². The molecule has 1 heterocycles. The maximum absolute atomic E-state index is 13.1. The second-order valence-corrected chi connectivity index (χ2v) is 4.99. The van der Waals surface area contributed by atoms with E-state index in [1.54, 1.807) is 12.1 Å². The molecule has 0 atom stereocenters. The Morgan fingerprint density at radius 3 is 2.48 bits per heavy atom. The largest absolute Gasteiger partial charge is 0.342 e. The van der Waals surface area contributed by atoms with E-state index in [4.69, 9.17) is 12.2 Å². The Balaban J connectivity index is 1.75. The van der Waals surface area contributed by atoms with Gasteiger partial charge in [0.1, 0.15) is 11.6 Å². The molecule has 0 amide bonds. The van der Waals surface area contributed by atoms with Crippen LogP contribution in [-0.2, 0) is 0 Å². The molecule has 3 rings (SSSR count). The SMILES string of the molecule is C=C(Nc1cccc(F)c1)Nc1ccc2[nH]c(=S)[nH]c2c1. The second-order valence-electron chi connectivity index (χ2n) is 4.58. The summed E-state index contributed by atoms with van der Waals surface area (Å²) >= 11 is 5.05. The highest BCUT2D eigenvalue weighted by molar-refractivity contribution is 7.71. The molecular weight excluding hydrogens is 287 g/mol. The standard InChI is InChI=1S/C15H13FN4S/c1-9(17-11-4-2-3-10(16)7-11)18-12-5-6-13-14(8-12)20-15(21)19-13/h2-8,17-18H,1H2,(H2,19,20,21). The number of anilines is 2. The Labute approximate surface area is 125 Å². The number of rotatable bonds is 4. The summed E-state index contributed by atoms with van der Waals surface area (Å²) in [5.74, 6) is 0.253. The van der Waals surface area contributed by atoms with E-state index in [2.05, 4.69) is 27.2 Å². The molecule has 0 radical (unpaired) electrons. The van der Waals surface area contributed by atoms with Gasteiger partial charge in [-0.15, -0.1) is 0 Å². The number of nitrogens with one attached hydrogen (secondary N) is 4. The lowest BCUT2D eigenvalue weighted by Crippen LogP contribution is -2.08. The fourth-order valence-corrected chi connectivity index (χ4v) is 2.28. The molecule has 3 aromatic rings. The lowest BCUT2D eigenvalue weighted by Gasteiger charge is -2.12. The van der Waals surface area contributed by atoms with Gasteiger partial charge in [0, 0.05) is 11.4 Å². The Bertz CT molecular complexity index is 865. The normalized spacial score (nSPS) is 10.5. The summed E-state index contributed by atoms with van der Waals surface area (Å²) in [5.41, 5.74) is 3.33. The Morgan fingerprint density at radius 2 is 1.71 bits per heavy atom. The van der Waals surface area contributed by atoms with Crippen molar-refractivity contribution < 1.29 is 4.39 Å². The minimum atomic E-state index is -0.297. The third kappa shape index (κ3) is 3.11. The molecule has 0 spiro atoms. The van der Waals surface area contributed by atoms with E-state index in [-0.39, 0.29) is 5.82 Å². The first-order valence-corrected chi connectivity index (χ1v) is 6.71. The number of imidazole rings is 1. The highest BCUT2D eigenvalue weighted by Crippen LogP contribution is 2.18. The summed E-state index contributed by atoms with van der Waals surface area (Å²) < 4.78 is 13.7. The predicted molar refractivity (Wildman–Crippen MR) is 86.3 cm³/mol. The van der Waals surface area contributed by atoms with Gasteiger partial charge in [0.2, 0.25) is 0 Å². The third-order valence-electron chi connectivity index (χ3n) is 2.93. The maximum atomic E-state index is 13.1. The van der Waals surface area contributed by atoms with Gasteiger partial charge in [0.25, 0.3) is 0 Å². The second kappa shape index (κ2) is 5.41. The zero-order chi connectivity index (χ0) is 14.8. The van der Waals surface area contributed by atoms with Crippen LogP contribution in [0.3, 0.4) is 0 Å². The Kier molecular flexibility index (Phi) is 3.45. The van der Waals surface area contributed by atoms with Crippen molar-refractivity contribution in [3.63, 3.8) is 0 Å². The van der Waals surface area contributed by atoms with Gasteiger partial charge in [-0.2, -0.15) is 0 Å². The summed E-state index contributed by atoms with van der Waals surface area (Å²) in [5, 5.41) is 6.12. The highest BCUT2D eigenvalue weighted by atomic mass is 32.1. The van der Waals surface area contributed by atoms with Gasteiger partial charge >= 0.3 is 0 Å². The number of benzene rings is 2. The summed E-state index contributed by atoms with van der Waals surface area (Å²) in [6.45, 7) is 3.88. The third-order valence-corrected chi connectivity index (χ3v) is 3.14. The van der Waals surface area contributed by atoms with Crippen LogP contribution in [0, 0.1) is 10.6 Å². The van der Waals surface area contributed by atoms with Crippen molar-refractivity contribution in [2.24, 2.45) is 0 Å². The lowest BCUT2D eigenvalue weighted by atomic mass is 10.2.